The smallest absolute Gasteiger partial charge is 0.323 e. The van der Waals surface area contributed by atoms with E-state index >= 15 is 0 Å². The number of anilines is 2. The minimum atomic E-state index is -1.58. The molecule has 0 saturated heterocycles. The number of aromatic hydroxyl groups is 1. The van der Waals surface area contributed by atoms with Gasteiger partial charge in [-0.05, 0) is 43.1 Å². The molecule has 13 nitrogen and oxygen atoms in total. The van der Waals surface area contributed by atoms with Crippen molar-refractivity contribution >= 4 is 51.6 Å². The first-order chi connectivity index (χ1) is 23.3. The van der Waals surface area contributed by atoms with Crippen molar-refractivity contribution in [3.63, 3.8) is 0 Å². The SMILES string of the molecule is CCC(=O)O[C@@H]1C2C(C(=O)C(C(N)=O)=C(O)[C@H]2N(C)C)C(O)=C2C(=O)c3c(ccc(NC(=O)Nc4cccc5ccccc45)c3O)[C@H](C)C21. The third-order valence-corrected chi connectivity index (χ3v) is 9.81. The van der Waals surface area contributed by atoms with Crippen LogP contribution in [-0.2, 0) is 19.1 Å². The van der Waals surface area contributed by atoms with Crippen LogP contribution in [0.1, 0.15) is 42.1 Å². The number of urea groups is 1. The molecule has 3 aromatic rings. The molecule has 0 aromatic heterocycles. The van der Waals surface area contributed by atoms with E-state index in [0.717, 1.165) is 10.8 Å². The molecule has 0 fully saturated rings. The molecule has 3 aliphatic carbocycles. The lowest BCUT2D eigenvalue weighted by Crippen LogP contribution is -2.60. The number of phenols is 1. The zero-order chi connectivity index (χ0) is 35.5. The minimum Gasteiger partial charge on any atom is -0.511 e. The van der Waals surface area contributed by atoms with Crippen LogP contribution in [0.25, 0.3) is 10.8 Å². The van der Waals surface area contributed by atoms with Gasteiger partial charge >= 0.3 is 12.0 Å². The number of amides is 3. The lowest BCUT2D eigenvalue weighted by Gasteiger charge is -2.51. The van der Waals surface area contributed by atoms with Gasteiger partial charge in [-0.15, -0.1) is 0 Å². The Morgan fingerprint density at radius 2 is 1.59 bits per heavy atom. The maximum absolute atomic E-state index is 14.4. The van der Waals surface area contributed by atoms with Crippen LogP contribution < -0.4 is 16.4 Å². The number of Topliss-reactive ketones (excluding diaryl/α,β-unsaturated/α-hetero) is 2. The number of primary amides is 1. The Bertz CT molecular complexity index is 2010. The number of nitrogens with zero attached hydrogens (tertiary/aromatic N) is 1. The van der Waals surface area contributed by atoms with Gasteiger partial charge in [-0.1, -0.05) is 56.3 Å². The molecule has 0 bridgehead atoms. The van der Waals surface area contributed by atoms with E-state index in [-0.39, 0.29) is 23.2 Å². The summed E-state index contributed by atoms with van der Waals surface area (Å²) >= 11 is 0. The zero-order valence-corrected chi connectivity index (χ0v) is 27.2. The normalized spacial score (nSPS) is 24.7. The van der Waals surface area contributed by atoms with Crippen LogP contribution in [-0.4, -0.2) is 75.9 Å². The maximum Gasteiger partial charge on any atom is 0.323 e. The van der Waals surface area contributed by atoms with Crippen LogP contribution in [0.2, 0.25) is 0 Å². The van der Waals surface area contributed by atoms with Crippen LogP contribution >= 0.6 is 0 Å². The Morgan fingerprint density at radius 1 is 0.918 bits per heavy atom. The second kappa shape index (κ2) is 12.4. The van der Waals surface area contributed by atoms with Gasteiger partial charge in [-0.25, -0.2) is 4.79 Å². The van der Waals surface area contributed by atoms with Crippen molar-refractivity contribution in [3.8, 4) is 5.75 Å². The molecule has 0 radical (unpaired) electrons. The Morgan fingerprint density at radius 3 is 2.27 bits per heavy atom. The van der Waals surface area contributed by atoms with Crippen molar-refractivity contribution in [2.45, 2.75) is 38.3 Å². The van der Waals surface area contributed by atoms with Crippen molar-refractivity contribution in [1.29, 1.82) is 0 Å². The van der Waals surface area contributed by atoms with E-state index in [4.69, 9.17) is 10.5 Å². The number of ketones is 2. The highest BCUT2D eigenvalue weighted by Gasteiger charge is 2.61. The van der Waals surface area contributed by atoms with Crippen molar-refractivity contribution in [2.75, 3.05) is 24.7 Å². The fourth-order valence-electron chi connectivity index (χ4n) is 7.68. The largest absolute Gasteiger partial charge is 0.511 e. The van der Waals surface area contributed by atoms with Crippen LogP contribution in [0.15, 0.2) is 77.3 Å². The van der Waals surface area contributed by atoms with Gasteiger partial charge in [0, 0.05) is 29.2 Å². The molecule has 3 aliphatic rings. The summed E-state index contributed by atoms with van der Waals surface area (Å²) in [5, 5.41) is 41.5. The van der Waals surface area contributed by atoms with E-state index in [0.29, 0.717) is 11.3 Å². The minimum absolute atomic E-state index is 0.0455. The third-order valence-electron chi connectivity index (χ3n) is 9.81. The van der Waals surface area contributed by atoms with E-state index in [1.54, 1.807) is 46.1 Å². The summed E-state index contributed by atoms with van der Waals surface area (Å²) in [6, 6.07) is 14.1. The van der Waals surface area contributed by atoms with Crippen molar-refractivity contribution in [3.05, 3.63) is 88.4 Å². The average Bonchev–Trinajstić information content (AvgIpc) is 3.05. The molecule has 3 amide bonds. The first-order valence-corrected chi connectivity index (χ1v) is 15.8. The van der Waals surface area contributed by atoms with Gasteiger partial charge in [0.2, 0.25) is 0 Å². The number of nitrogens with two attached hydrogens (primary N) is 1. The van der Waals surface area contributed by atoms with Gasteiger partial charge in [-0.2, -0.15) is 0 Å². The molecule has 13 heteroatoms. The molecule has 6 rings (SSSR count). The van der Waals surface area contributed by atoms with E-state index < -0.39 is 88.1 Å². The molecule has 3 unspecified atom stereocenters. The fraction of sp³-hybridized carbons (Fsp3) is 0.306. The second-order valence-corrected chi connectivity index (χ2v) is 12.7. The van der Waals surface area contributed by atoms with Gasteiger partial charge < -0.3 is 36.4 Å². The molecule has 0 saturated carbocycles. The Balaban J connectivity index is 1.44. The Hall–Kier alpha value is -5.69. The first-order valence-electron chi connectivity index (χ1n) is 15.8. The number of phenolic OH excluding ortho intramolecular Hbond substituents is 1. The summed E-state index contributed by atoms with van der Waals surface area (Å²) in [6.07, 6.45) is -1.27. The summed E-state index contributed by atoms with van der Waals surface area (Å²) in [7, 11) is 3.16. The Kier molecular flexibility index (Phi) is 8.41. The molecule has 254 valence electrons. The number of hydrogen-bond donors (Lipinski definition) is 6. The number of allylic oxidation sites excluding steroid dienone is 1. The van der Waals surface area contributed by atoms with E-state index in [1.807, 2.05) is 30.3 Å². The number of fused-ring (bicyclic) bond motifs is 4. The predicted octanol–water partition coefficient (Wildman–Crippen LogP) is 4.30. The summed E-state index contributed by atoms with van der Waals surface area (Å²) < 4.78 is 5.94. The van der Waals surface area contributed by atoms with Crippen LogP contribution in [0.4, 0.5) is 16.2 Å². The number of ether oxygens (including phenoxy) is 1. The number of carbonyl (C=O) groups is 5. The average molecular weight is 669 g/mol. The van der Waals surface area contributed by atoms with Crippen molar-refractivity contribution in [1.82, 2.24) is 4.90 Å². The summed E-state index contributed by atoms with van der Waals surface area (Å²) in [5.41, 5.74) is 5.04. The van der Waals surface area contributed by atoms with Crippen molar-refractivity contribution in [2.24, 2.45) is 23.5 Å². The number of carbonyl (C=O) groups excluding carboxylic acids is 5. The molecule has 7 N–H and O–H groups in total. The molecular formula is C36H36N4O9. The molecule has 0 spiro atoms. The highest BCUT2D eigenvalue weighted by molar-refractivity contribution is 6.22. The lowest BCUT2D eigenvalue weighted by atomic mass is 9.57. The number of esters is 1. The number of hydrogen-bond acceptors (Lipinski definition) is 10. The molecule has 3 aromatic carbocycles. The van der Waals surface area contributed by atoms with Gasteiger partial charge in [0.25, 0.3) is 5.91 Å². The van der Waals surface area contributed by atoms with Gasteiger partial charge in [0.05, 0.1) is 28.9 Å². The highest BCUT2D eigenvalue weighted by atomic mass is 16.5. The maximum atomic E-state index is 14.4. The molecule has 0 aliphatic heterocycles. The third kappa shape index (κ3) is 5.26. The standard InChI is InChI=1S/C36H36N4O9/c1-5-21(41)49-34-22-15(2)17-13-14-20(39-36(48)38-19-12-8-10-16-9-6-7-11-18(16)19)29(42)23(17)30(43)25(22)31(44)26-24(34)28(40(3)4)33(46)27(32(26)45)35(37)47/h6-15,22,24,26,28,34,42,44,46H,5H2,1-4H3,(H2,37,47)(H2,38,39,48)/t15-,22?,24?,26?,28-,34-/m0/s1. The predicted molar refractivity (Wildman–Crippen MR) is 179 cm³/mol. The second-order valence-electron chi connectivity index (χ2n) is 12.7. The van der Waals surface area contributed by atoms with E-state index in [1.165, 1.54) is 11.0 Å². The van der Waals surface area contributed by atoms with Gasteiger partial charge in [0.1, 0.15) is 23.2 Å². The van der Waals surface area contributed by atoms with E-state index in [2.05, 4.69) is 10.6 Å². The van der Waals surface area contributed by atoms with Crippen LogP contribution in [0, 0.1) is 17.8 Å². The van der Waals surface area contributed by atoms with Crippen molar-refractivity contribution < 1.29 is 44.0 Å². The van der Waals surface area contributed by atoms with Gasteiger partial charge in [-0.3, -0.25) is 24.1 Å². The summed E-state index contributed by atoms with van der Waals surface area (Å²) in [5.74, 6) is -10.0. The Labute approximate surface area is 281 Å². The summed E-state index contributed by atoms with van der Waals surface area (Å²) in [6.45, 7) is 3.29. The van der Waals surface area contributed by atoms with Crippen LogP contribution in [0.3, 0.4) is 0 Å². The molecular weight excluding hydrogens is 632 g/mol. The molecule has 0 heterocycles. The zero-order valence-electron chi connectivity index (χ0n) is 27.2. The molecule has 49 heavy (non-hydrogen) atoms. The van der Waals surface area contributed by atoms with Crippen LogP contribution in [0.5, 0.6) is 5.75 Å². The van der Waals surface area contributed by atoms with E-state index in [9.17, 15) is 39.3 Å². The molecule has 6 atom stereocenters. The topological polar surface area (TPSA) is 209 Å². The first kappa shape index (κ1) is 33.2. The highest BCUT2D eigenvalue weighted by Crippen LogP contribution is 2.55. The number of aliphatic hydroxyl groups is 2. The number of aliphatic hydroxyl groups excluding tert-OH is 2. The van der Waals surface area contributed by atoms with Gasteiger partial charge in [0.15, 0.2) is 17.3 Å². The number of nitrogens with one attached hydrogen (secondary N) is 2. The number of rotatable bonds is 6. The monoisotopic (exact) mass is 668 g/mol. The lowest BCUT2D eigenvalue weighted by molar-refractivity contribution is -0.162. The quantitative estimate of drug-likeness (QED) is 0.125. The summed E-state index contributed by atoms with van der Waals surface area (Å²) in [4.78, 5) is 68.0. The fourth-order valence-corrected chi connectivity index (χ4v) is 7.68. The number of benzene rings is 3. The number of likely N-dealkylation sites (N-methyl/N-ethyl adjacent to an activating group) is 1.